The second-order valence-electron chi connectivity index (χ2n) is 5.26. The SMILES string of the molecule is Cc1ccc2nc(N3CCNCC3)c3nncn3c2c1F. The zero-order valence-electron chi connectivity index (χ0n) is 11.7. The van der Waals surface area contributed by atoms with Gasteiger partial charge in [-0.05, 0) is 18.6 Å². The van der Waals surface area contributed by atoms with Gasteiger partial charge in [-0.15, -0.1) is 10.2 Å². The predicted octanol–water partition coefficient (Wildman–Crippen LogP) is 1.13. The van der Waals surface area contributed by atoms with Crippen molar-refractivity contribution in [2.24, 2.45) is 0 Å². The highest BCUT2D eigenvalue weighted by atomic mass is 19.1. The Kier molecular flexibility index (Phi) is 2.75. The summed E-state index contributed by atoms with van der Waals surface area (Å²) >= 11 is 0. The van der Waals surface area contributed by atoms with E-state index in [9.17, 15) is 4.39 Å². The molecule has 4 rings (SSSR count). The topological polar surface area (TPSA) is 58.4 Å². The molecule has 21 heavy (non-hydrogen) atoms. The molecule has 1 fully saturated rings. The Hall–Kier alpha value is -2.28. The second kappa shape index (κ2) is 4.63. The fourth-order valence-corrected chi connectivity index (χ4v) is 2.78. The average molecular weight is 286 g/mol. The maximum Gasteiger partial charge on any atom is 0.204 e. The molecular weight excluding hydrogens is 271 g/mol. The first-order valence-electron chi connectivity index (χ1n) is 7.00. The standard InChI is InChI=1S/C14H15FN6/c1-9-2-3-10-12(11(9)15)21-8-17-19-14(21)13(18-10)20-6-4-16-5-7-20/h2-3,8,16H,4-7H2,1H3. The smallest absolute Gasteiger partial charge is 0.204 e. The normalized spacial score (nSPS) is 16.0. The lowest BCUT2D eigenvalue weighted by Crippen LogP contribution is -2.44. The molecule has 0 spiro atoms. The quantitative estimate of drug-likeness (QED) is 0.727. The summed E-state index contributed by atoms with van der Waals surface area (Å²) in [4.78, 5) is 6.80. The van der Waals surface area contributed by atoms with E-state index in [1.807, 2.05) is 6.07 Å². The summed E-state index contributed by atoms with van der Waals surface area (Å²) in [6, 6.07) is 3.60. The molecule has 1 saturated heterocycles. The number of fused-ring (bicyclic) bond motifs is 3. The van der Waals surface area contributed by atoms with Crippen molar-refractivity contribution in [1.82, 2.24) is 24.9 Å². The molecule has 0 radical (unpaired) electrons. The van der Waals surface area contributed by atoms with Gasteiger partial charge in [-0.1, -0.05) is 6.07 Å². The van der Waals surface area contributed by atoms with Crippen molar-refractivity contribution in [1.29, 1.82) is 0 Å². The molecule has 1 aromatic carbocycles. The number of aryl methyl sites for hydroxylation is 1. The fourth-order valence-electron chi connectivity index (χ4n) is 2.78. The van der Waals surface area contributed by atoms with E-state index in [1.165, 1.54) is 0 Å². The van der Waals surface area contributed by atoms with Gasteiger partial charge in [0.1, 0.15) is 11.8 Å². The van der Waals surface area contributed by atoms with Gasteiger partial charge in [0.25, 0.3) is 0 Å². The number of nitrogens with one attached hydrogen (secondary N) is 1. The number of halogens is 1. The largest absolute Gasteiger partial charge is 0.351 e. The predicted molar refractivity (Wildman–Crippen MR) is 78.1 cm³/mol. The van der Waals surface area contributed by atoms with Crippen molar-refractivity contribution < 1.29 is 4.39 Å². The van der Waals surface area contributed by atoms with Gasteiger partial charge in [0.05, 0.1) is 5.52 Å². The molecule has 7 heteroatoms. The lowest BCUT2D eigenvalue weighted by Gasteiger charge is -2.28. The Morgan fingerprint density at radius 1 is 1.24 bits per heavy atom. The van der Waals surface area contributed by atoms with Crippen molar-refractivity contribution in [3.05, 3.63) is 29.8 Å². The van der Waals surface area contributed by atoms with E-state index >= 15 is 0 Å². The summed E-state index contributed by atoms with van der Waals surface area (Å²) in [5, 5.41) is 11.4. The van der Waals surface area contributed by atoms with Crippen molar-refractivity contribution in [3.63, 3.8) is 0 Å². The molecule has 108 valence electrons. The first-order chi connectivity index (χ1) is 10.3. The molecule has 0 aliphatic carbocycles. The minimum absolute atomic E-state index is 0.267. The highest BCUT2D eigenvalue weighted by molar-refractivity contribution is 5.84. The molecule has 3 aromatic rings. The van der Waals surface area contributed by atoms with E-state index < -0.39 is 0 Å². The average Bonchev–Trinajstić information content (AvgIpc) is 3.00. The van der Waals surface area contributed by atoms with Gasteiger partial charge < -0.3 is 10.2 Å². The zero-order valence-corrected chi connectivity index (χ0v) is 11.7. The Balaban J connectivity index is 2.03. The van der Waals surface area contributed by atoms with Gasteiger partial charge in [-0.3, -0.25) is 4.40 Å². The number of anilines is 1. The van der Waals surface area contributed by atoms with E-state index in [1.54, 1.807) is 23.7 Å². The number of hydrogen-bond donors (Lipinski definition) is 1. The molecule has 0 atom stereocenters. The molecule has 1 aliphatic rings. The van der Waals surface area contributed by atoms with Crippen molar-refractivity contribution in [3.8, 4) is 0 Å². The zero-order chi connectivity index (χ0) is 14.4. The van der Waals surface area contributed by atoms with Gasteiger partial charge in [-0.25, -0.2) is 9.37 Å². The van der Waals surface area contributed by atoms with Crippen molar-refractivity contribution >= 4 is 22.5 Å². The van der Waals surface area contributed by atoms with Gasteiger partial charge in [0.15, 0.2) is 11.6 Å². The van der Waals surface area contributed by atoms with Crippen LogP contribution >= 0.6 is 0 Å². The third-order valence-corrected chi connectivity index (χ3v) is 3.92. The van der Waals surface area contributed by atoms with Crippen LogP contribution in [-0.4, -0.2) is 45.8 Å². The van der Waals surface area contributed by atoms with Crippen LogP contribution in [0.3, 0.4) is 0 Å². The molecule has 0 unspecified atom stereocenters. The minimum Gasteiger partial charge on any atom is -0.351 e. The summed E-state index contributed by atoms with van der Waals surface area (Å²) in [6.07, 6.45) is 1.55. The van der Waals surface area contributed by atoms with Crippen LogP contribution < -0.4 is 10.2 Å². The van der Waals surface area contributed by atoms with E-state index in [0.717, 1.165) is 32.0 Å². The summed E-state index contributed by atoms with van der Waals surface area (Å²) in [5.74, 6) is 0.501. The molecule has 0 saturated carbocycles. The van der Waals surface area contributed by atoms with E-state index in [4.69, 9.17) is 0 Å². The van der Waals surface area contributed by atoms with Gasteiger partial charge in [0.2, 0.25) is 5.65 Å². The number of hydrogen-bond acceptors (Lipinski definition) is 5. The molecule has 2 aromatic heterocycles. The second-order valence-corrected chi connectivity index (χ2v) is 5.26. The summed E-state index contributed by atoms with van der Waals surface area (Å²) in [6.45, 7) is 5.27. The number of piperazine rings is 1. The Morgan fingerprint density at radius 3 is 2.86 bits per heavy atom. The maximum absolute atomic E-state index is 14.4. The van der Waals surface area contributed by atoms with E-state index in [-0.39, 0.29) is 5.82 Å². The highest BCUT2D eigenvalue weighted by Gasteiger charge is 2.20. The first-order valence-corrected chi connectivity index (χ1v) is 7.00. The fraction of sp³-hybridized carbons (Fsp3) is 0.357. The third kappa shape index (κ3) is 1.84. The first kappa shape index (κ1) is 12.5. The molecule has 1 N–H and O–H groups in total. The van der Waals surface area contributed by atoms with Crippen LogP contribution in [0.15, 0.2) is 18.5 Å². The molecule has 6 nitrogen and oxygen atoms in total. The highest BCUT2D eigenvalue weighted by Crippen LogP contribution is 2.26. The monoisotopic (exact) mass is 286 g/mol. The van der Waals surface area contributed by atoms with Gasteiger partial charge >= 0.3 is 0 Å². The summed E-state index contributed by atoms with van der Waals surface area (Å²) in [5.41, 5.74) is 2.26. The number of nitrogens with zero attached hydrogens (tertiary/aromatic N) is 5. The van der Waals surface area contributed by atoms with Crippen LogP contribution in [0, 0.1) is 12.7 Å². The van der Waals surface area contributed by atoms with Crippen LogP contribution in [0.1, 0.15) is 5.56 Å². The Bertz CT molecular complexity index is 821. The molecule has 0 bridgehead atoms. The number of rotatable bonds is 1. The van der Waals surface area contributed by atoms with Crippen LogP contribution in [0.5, 0.6) is 0 Å². The molecule has 1 aliphatic heterocycles. The van der Waals surface area contributed by atoms with Crippen molar-refractivity contribution in [2.75, 3.05) is 31.1 Å². The van der Waals surface area contributed by atoms with Crippen LogP contribution in [-0.2, 0) is 0 Å². The minimum atomic E-state index is -0.267. The molecule has 3 heterocycles. The molecular formula is C14H15FN6. The number of aromatic nitrogens is 4. The van der Waals surface area contributed by atoms with Crippen LogP contribution in [0.25, 0.3) is 16.7 Å². The van der Waals surface area contributed by atoms with E-state index in [2.05, 4.69) is 25.4 Å². The third-order valence-electron chi connectivity index (χ3n) is 3.92. The lowest BCUT2D eigenvalue weighted by molar-refractivity contribution is 0.585. The maximum atomic E-state index is 14.4. The van der Waals surface area contributed by atoms with E-state index in [0.29, 0.717) is 22.2 Å². The van der Waals surface area contributed by atoms with Crippen LogP contribution in [0.2, 0.25) is 0 Å². The number of benzene rings is 1. The van der Waals surface area contributed by atoms with Crippen LogP contribution in [0.4, 0.5) is 10.2 Å². The lowest BCUT2D eigenvalue weighted by atomic mass is 10.2. The summed E-state index contributed by atoms with van der Waals surface area (Å²) in [7, 11) is 0. The Morgan fingerprint density at radius 2 is 2.05 bits per heavy atom. The molecule has 0 amide bonds. The van der Waals surface area contributed by atoms with Crippen molar-refractivity contribution in [2.45, 2.75) is 6.92 Å². The Labute approximate surface area is 120 Å². The van der Waals surface area contributed by atoms with Gasteiger partial charge in [-0.2, -0.15) is 0 Å². The summed E-state index contributed by atoms with van der Waals surface area (Å²) < 4.78 is 16.1. The van der Waals surface area contributed by atoms with Gasteiger partial charge in [0, 0.05) is 26.2 Å².